The SMILES string of the molecule is CC(C)(CCC(=O)O)NC(=O)Nc1nc2n(n1)CCCC2. The van der Waals surface area contributed by atoms with Crippen LogP contribution >= 0.6 is 0 Å². The number of aryl methyl sites for hydroxylation is 2. The average Bonchev–Trinajstić information content (AvgIpc) is 2.77. The molecule has 1 aliphatic rings. The van der Waals surface area contributed by atoms with Crippen LogP contribution in [0.15, 0.2) is 0 Å². The third kappa shape index (κ3) is 4.44. The number of amides is 2. The van der Waals surface area contributed by atoms with Gasteiger partial charge in [-0.2, -0.15) is 4.98 Å². The molecular weight excluding hydrogens is 274 g/mol. The standard InChI is InChI=1S/C13H21N5O3/c1-13(2,7-6-10(19)20)16-12(21)15-11-14-9-5-3-4-8-18(9)17-11/h3-8H2,1-2H3,(H,19,20)(H2,15,16,17,21). The maximum atomic E-state index is 11.9. The van der Waals surface area contributed by atoms with E-state index in [-0.39, 0.29) is 6.42 Å². The molecule has 0 aromatic carbocycles. The topological polar surface area (TPSA) is 109 Å². The summed E-state index contributed by atoms with van der Waals surface area (Å²) in [5.74, 6) is 0.300. The van der Waals surface area contributed by atoms with E-state index in [4.69, 9.17) is 5.11 Å². The Morgan fingerprint density at radius 3 is 2.81 bits per heavy atom. The van der Waals surface area contributed by atoms with Gasteiger partial charge in [-0.25, -0.2) is 9.48 Å². The Morgan fingerprint density at radius 1 is 1.38 bits per heavy atom. The number of nitrogens with zero attached hydrogens (tertiary/aromatic N) is 3. The maximum absolute atomic E-state index is 11.9. The van der Waals surface area contributed by atoms with Crippen LogP contribution in [-0.4, -0.2) is 37.4 Å². The molecule has 116 valence electrons. The predicted molar refractivity (Wildman–Crippen MR) is 76.1 cm³/mol. The van der Waals surface area contributed by atoms with Crippen LogP contribution in [0.4, 0.5) is 10.7 Å². The second-order valence-electron chi connectivity index (χ2n) is 5.89. The van der Waals surface area contributed by atoms with Crippen molar-refractivity contribution in [1.29, 1.82) is 0 Å². The molecule has 2 heterocycles. The lowest BCUT2D eigenvalue weighted by atomic mass is 9.99. The van der Waals surface area contributed by atoms with Gasteiger partial charge in [-0.1, -0.05) is 0 Å². The summed E-state index contributed by atoms with van der Waals surface area (Å²) in [7, 11) is 0. The Hall–Kier alpha value is -2.12. The van der Waals surface area contributed by atoms with Gasteiger partial charge in [0, 0.05) is 24.9 Å². The lowest BCUT2D eigenvalue weighted by Crippen LogP contribution is -2.46. The van der Waals surface area contributed by atoms with Crippen molar-refractivity contribution in [3.05, 3.63) is 5.82 Å². The third-order valence-electron chi connectivity index (χ3n) is 3.41. The van der Waals surface area contributed by atoms with E-state index in [1.54, 1.807) is 13.8 Å². The minimum Gasteiger partial charge on any atom is -0.481 e. The van der Waals surface area contributed by atoms with E-state index < -0.39 is 17.5 Å². The number of carboxylic acids is 1. The van der Waals surface area contributed by atoms with Gasteiger partial charge < -0.3 is 10.4 Å². The highest BCUT2D eigenvalue weighted by Gasteiger charge is 2.22. The summed E-state index contributed by atoms with van der Waals surface area (Å²) in [6.07, 6.45) is 3.39. The summed E-state index contributed by atoms with van der Waals surface area (Å²) in [6.45, 7) is 4.39. The van der Waals surface area contributed by atoms with Crippen molar-refractivity contribution in [1.82, 2.24) is 20.1 Å². The molecule has 8 nitrogen and oxygen atoms in total. The Morgan fingerprint density at radius 2 is 2.14 bits per heavy atom. The van der Waals surface area contributed by atoms with Crippen LogP contribution in [0.3, 0.4) is 0 Å². The molecule has 2 rings (SSSR count). The monoisotopic (exact) mass is 295 g/mol. The second-order valence-corrected chi connectivity index (χ2v) is 5.89. The zero-order chi connectivity index (χ0) is 15.5. The molecule has 0 saturated carbocycles. The van der Waals surface area contributed by atoms with E-state index in [0.717, 1.165) is 31.6 Å². The molecule has 0 unspecified atom stereocenters. The minimum atomic E-state index is -0.881. The molecule has 0 fully saturated rings. The largest absolute Gasteiger partial charge is 0.481 e. The van der Waals surface area contributed by atoms with E-state index >= 15 is 0 Å². The molecule has 1 aliphatic heterocycles. The second kappa shape index (κ2) is 6.11. The van der Waals surface area contributed by atoms with Gasteiger partial charge >= 0.3 is 12.0 Å². The summed E-state index contributed by atoms with van der Waals surface area (Å²) in [4.78, 5) is 26.8. The fourth-order valence-corrected chi connectivity index (χ4v) is 2.26. The molecule has 3 N–H and O–H groups in total. The van der Waals surface area contributed by atoms with Gasteiger partial charge in [0.2, 0.25) is 5.95 Å². The van der Waals surface area contributed by atoms with Gasteiger partial charge in [0.25, 0.3) is 0 Å². The first-order valence-corrected chi connectivity index (χ1v) is 7.10. The Balaban J connectivity index is 1.89. The number of carbonyl (C=O) groups excluding carboxylic acids is 1. The average molecular weight is 295 g/mol. The molecule has 0 atom stereocenters. The van der Waals surface area contributed by atoms with Gasteiger partial charge in [0.15, 0.2) is 0 Å². The maximum Gasteiger partial charge on any atom is 0.322 e. The quantitative estimate of drug-likeness (QED) is 0.760. The van der Waals surface area contributed by atoms with Crippen LogP contribution < -0.4 is 10.6 Å². The van der Waals surface area contributed by atoms with Crippen LogP contribution in [0.5, 0.6) is 0 Å². The molecule has 0 saturated heterocycles. The Bertz CT molecular complexity index is 514. The zero-order valence-corrected chi connectivity index (χ0v) is 12.3. The summed E-state index contributed by atoms with van der Waals surface area (Å²) in [6, 6.07) is -0.423. The summed E-state index contributed by atoms with van der Waals surface area (Å²) >= 11 is 0. The normalized spacial score (nSPS) is 14.4. The van der Waals surface area contributed by atoms with Crippen LogP contribution in [0.2, 0.25) is 0 Å². The molecule has 1 aromatic rings. The number of aliphatic carboxylic acids is 1. The third-order valence-corrected chi connectivity index (χ3v) is 3.41. The fraction of sp³-hybridized carbons (Fsp3) is 0.692. The van der Waals surface area contributed by atoms with E-state index in [9.17, 15) is 9.59 Å². The molecule has 0 aliphatic carbocycles. The Labute approximate surface area is 122 Å². The van der Waals surface area contributed by atoms with Crippen LogP contribution in [0, 0.1) is 0 Å². The van der Waals surface area contributed by atoms with E-state index in [0.29, 0.717) is 12.4 Å². The van der Waals surface area contributed by atoms with Gasteiger partial charge in [0.05, 0.1) is 0 Å². The van der Waals surface area contributed by atoms with Gasteiger partial charge in [-0.15, -0.1) is 5.10 Å². The number of anilines is 1. The molecule has 21 heavy (non-hydrogen) atoms. The highest BCUT2D eigenvalue weighted by molar-refractivity contribution is 5.87. The van der Waals surface area contributed by atoms with Crippen molar-refractivity contribution in [2.75, 3.05) is 5.32 Å². The van der Waals surface area contributed by atoms with Crippen LogP contribution in [-0.2, 0) is 17.8 Å². The first-order chi connectivity index (χ1) is 9.85. The molecular formula is C13H21N5O3. The number of carboxylic acid groups (broad SMARTS) is 1. The van der Waals surface area contributed by atoms with E-state index in [1.807, 2.05) is 4.68 Å². The molecule has 1 aromatic heterocycles. The van der Waals surface area contributed by atoms with Gasteiger partial charge in [-0.05, 0) is 33.1 Å². The van der Waals surface area contributed by atoms with Gasteiger partial charge in [-0.3, -0.25) is 10.1 Å². The number of nitrogens with one attached hydrogen (secondary N) is 2. The number of hydrogen-bond donors (Lipinski definition) is 3. The first kappa shape index (κ1) is 15.3. The van der Waals surface area contributed by atoms with Crippen LogP contribution in [0.25, 0.3) is 0 Å². The fourth-order valence-electron chi connectivity index (χ4n) is 2.26. The summed E-state index contributed by atoms with van der Waals surface area (Å²) < 4.78 is 1.81. The van der Waals surface area contributed by atoms with E-state index in [2.05, 4.69) is 20.7 Å². The lowest BCUT2D eigenvalue weighted by Gasteiger charge is -2.25. The number of aromatic nitrogens is 3. The number of rotatable bonds is 5. The molecule has 0 spiro atoms. The van der Waals surface area contributed by atoms with Crippen molar-refractivity contribution in [3.63, 3.8) is 0 Å². The molecule has 0 radical (unpaired) electrons. The summed E-state index contributed by atoms with van der Waals surface area (Å²) in [5, 5.41) is 18.3. The highest BCUT2D eigenvalue weighted by atomic mass is 16.4. The van der Waals surface area contributed by atoms with Crippen molar-refractivity contribution in [2.45, 2.75) is 58.0 Å². The summed E-state index contributed by atoms with van der Waals surface area (Å²) in [5.41, 5.74) is -0.609. The lowest BCUT2D eigenvalue weighted by molar-refractivity contribution is -0.137. The molecule has 0 bridgehead atoms. The van der Waals surface area contributed by atoms with Crippen LogP contribution in [0.1, 0.15) is 45.4 Å². The van der Waals surface area contributed by atoms with Crippen molar-refractivity contribution < 1.29 is 14.7 Å². The molecule has 8 heteroatoms. The minimum absolute atomic E-state index is 0.00427. The smallest absolute Gasteiger partial charge is 0.322 e. The van der Waals surface area contributed by atoms with Crippen molar-refractivity contribution >= 4 is 17.9 Å². The van der Waals surface area contributed by atoms with Crippen molar-refractivity contribution in [3.8, 4) is 0 Å². The number of fused-ring (bicyclic) bond motifs is 1. The van der Waals surface area contributed by atoms with Gasteiger partial charge in [0.1, 0.15) is 5.82 Å². The number of hydrogen-bond acceptors (Lipinski definition) is 4. The van der Waals surface area contributed by atoms with E-state index in [1.165, 1.54) is 0 Å². The molecule has 2 amide bonds. The zero-order valence-electron chi connectivity index (χ0n) is 12.3. The predicted octanol–water partition coefficient (Wildman–Crippen LogP) is 1.38. The Kier molecular flexibility index (Phi) is 4.44. The highest BCUT2D eigenvalue weighted by Crippen LogP contribution is 2.15. The van der Waals surface area contributed by atoms with Crippen molar-refractivity contribution in [2.24, 2.45) is 0 Å². The number of carbonyl (C=O) groups is 2. The first-order valence-electron chi connectivity index (χ1n) is 7.10. The number of urea groups is 1.